The molecule has 0 aliphatic carbocycles. The van der Waals surface area contributed by atoms with Crippen LogP contribution in [0.15, 0.2) is 0 Å². The Morgan fingerprint density at radius 1 is 0.955 bits per heavy atom. The van der Waals surface area contributed by atoms with E-state index >= 15 is 0 Å². The molecule has 0 bridgehead atoms. The minimum atomic E-state index is -4.22. The first-order chi connectivity index (χ1) is 9.85. The van der Waals surface area contributed by atoms with Crippen molar-refractivity contribution in [2.45, 2.75) is 86.2 Å². The van der Waals surface area contributed by atoms with Gasteiger partial charge in [-0.3, -0.25) is 0 Å². The van der Waals surface area contributed by atoms with Crippen LogP contribution in [0.25, 0.3) is 0 Å². The quantitative estimate of drug-likeness (QED) is 0.411. The van der Waals surface area contributed by atoms with Crippen molar-refractivity contribution < 1.29 is 17.9 Å². The number of halogens is 3. The van der Waals surface area contributed by atoms with Crippen LogP contribution in [-0.2, 0) is 4.74 Å². The van der Waals surface area contributed by atoms with Gasteiger partial charge in [-0.25, -0.2) is 0 Å². The Bertz CT molecular complexity index is 290. The minimum absolute atomic E-state index is 0.0472. The Kier molecular flexibility index (Phi) is 9.04. The van der Waals surface area contributed by atoms with Gasteiger partial charge in [0.1, 0.15) is 6.61 Å². The molecule has 0 saturated heterocycles. The predicted octanol–water partition coefficient (Wildman–Crippen LogP) is 6.61. The highest BCUT2D eigenvalue weighted by Crippen LogP contribution is 2.33. The molecule has 0 saturated carbocycles. The number of hydrogen-bond donors (Lipinski definition) is 0. The summed E-state index contributed by atoms with van der Waals surface area (Å²) in [5.41, 5.74) is 0.410. The second-order valence-corrected chi connectivity index (χ2v) is 8.51. The van der Waals surface area contributed by atoms with E-state index in [0.29, 0.717) is 11.8 Å². The van der Waals surface area contributed by atoms with Gasteiger partial charge in [-0.2, -0.15) is 13.2 Å². The van der Waals surface area contributed by atoms with Crippen molar-refractivity contribution in [3.63, 3.8) is 0 Å². The standard InChI is InChI=1S/C18H35F3O/c1-7-15(13-16(2,3)4)9-8-10-17(5,6)11-12-22-14-18(19,20)21/h15H,7-14H2,1-6H3. The highest BCUT2D eigenvalue weighted by Gasteiger charge is 2.28. The SMILES string of the molecule is CCC(CCCC(C)(C)CCOCC(F)(F)F)CC(C)(C)C. The maximum absolute atomic E-state index is 12.0. The molecule has 0 rings (SSSR count). The van der Waals surface area contributed by atoms with Gasteiger partial charge in [0.25, 0.3) is 0 Å². The molecule has 22 heavy (non-hydrogen) atoms. The largest absolute Gasteiger partial charge is 0.411 e. The normalized spacial score (nSPS) is 15.1. The van der Waals surface area contributed by atoms with Gasteiger partial charge in [-0.05, 0) is 36.0 Å². The van der Waals surface area contributed by atoms with E-state index in [9.17, 15) is 13.2 Å². The molecular weight excluding hydrogens is 289 g/mol. The Morgan fingerprint density at radius 2 is 1.55 bits per heavy atom. The van der Waals surface area contributed by atoms with Crippen molar-refractivity contribution in [1.82, 2.24) is 0 Å². The lowest BCUT2D eigenvalue weighted by atomic mass is 9.79. The molecule has 134 valence electrons. The van der Waals surface area contributed by atoms with E-state index in [1.165, 1.54) is 19.3 Å². The molecule has 0 amide bonds. The summed E-state index contributed by atoms with van der Waals surface area (Å²) in [5.74, 6) is 0.747. The fraction of sp³-hybridized carbons (Fsp3) is 1.00. The fourth-order valence-electron chi connectivity index (χ4n) is 2.85. The van der Waals surface area contributed by atoms with Crippen molar-refractivity contribution in [3.05, 3.63) is 0 Å². The molecule has 1 nitrogen and oxygen atoms in total. The predicted molar refractivity (Wildman–Crippen MR) is 87.0 cm³/mol. The van der Waals surface area contributed by atoms with Crippen molar-refractivity contribution in [1.29, 1.82) is 0 Å². The summed E-state index contributed by atoms with van der Waals surface area (Å²) in [6.07, 6.45) is 2.29. The van der Waals surface area contributed by atoms with Crippen LogP contribution in [0.2, 0.25) is 0 Å². The van der Waals surface area contributed by atoms with Gasteiger partial charge in [0.2, 0.25) is 0 Å². The van der Waals surface area contributed by atoms with E-state index < -0.39 is 12.8 Å². The second-order valence-electron chi connectivity index (χ2n) is 8.51. The summed E-state index contributed by atoms with van der Waals surface area (Å²) >= 11 is 0. The monoisotopic (exact) mass is 324 g/mol. The molecule has 4 heteroatoms. The molecule has 0 spiro atoms. The van der Waals surface area contributed by atoms with Crippen LogP contribution < -0.4 is 0 Å². The highest BCUT2D eigenvalue weighted by atomic mass is 19.4. The lowest BCUT2D eigenvalue weighted by molar-refractivity contribution is -0.175. The molecule has 0 fully saturated rings. The van der Waals surface area contributed by atoms with Crippen LogP contribution >= 0.6 is 0 Å². The van der Waals surface area contributed by atoms with Gasteiger partial charge in [-0.1, -0.05) is 60.8 Å². The summed E-state index contributed by atoms with van der Waals surface area (Å²) in [6.45, 7) is 12.4. The van der Waals surface area contributed by atoms with Crippen molar-refractivity contribution in [2.75, 3.05) is 13.2 Å². The Hall–Kier alpha value is -0.250. The first-order valence-electron chi connectivity index (χ1n) is 8.49. The van der Waals surface area contributed by atoms with Gasteiger partial charge >= 0.3 is 6.18 Å². The third kappa shape index (κ3) is 13.4. The van der Waals surface area contributed by atoms with E-state index in [0.717, 1.165) is 18.8 Å². The van der Waals surface area contributed by atoms with Gasteiger partial charge in [0.15, 0.2) is 0 Å². The zero-order valence-corrected chi connectivity index (χ0v) is 15.3. The van der Waals surface area contributed by atoms with E-state index in [-0.39, 0.29) is 12.0 Å². The lowest BCUT2D eigenvalue weighted by Crippen LogP contribution is -2.21. The number of rotatable bonds is 10. The molecule has 0 aromatic rings. The Morgan fingerprint density at radius 3 is 2.00 bits per heavy atom. The number of hydrogen-bond acceptors (Lipinski definition) is 1. The van der Waals surface area contributed by atoms with E-state index in [2.05, 4.69) is 41.5 Å². The summed E-state index contributed by atoms with van der Waals surface area (Å²) in [5, 5.41) is 0. The molecule has 0 N–H and O–H groups in total. The molecule has 0 aromatic heterocycles. The fourth-order valence-corrected chi connectivity index (χ4v) is 2.85. The van der Waals surface area contributed by atoms with E-state index in [4.69, 9.17) is 4.74 Å². The average molecular weight is 324 g/mol. The summed E-state index contributed by atoms with van der Waals surface area (Å²) in [7, 11) is 0. The van der Waals surface area contributed by atoms with Gasteiger partial charge in [0.05, 0.1) is 0 Å². The Labute approximate surface area is 135 Å². The topological polar surface area (TPSA) is 9.23 Å². The maximum atomic E-state index is 12.0. The van der Waals surface area contributed by atoms with Crippen LogP contribution in [0.1, 0.15) is 80.1 Å². The highest BCUT2D eigenvalue weighted by molar-refractivity contribution is 4.72. The maximum Gasteiger partial charge on any atom is 0.411 e. The third-order valence-electron chi connectivity index (χ3n) is 4.13. The number of ether oxygens (including phenoxy) is 1. The summed E-state index contributed by atoms with van der Waals surface area (Å²) < 4.78 is 40.8. The molecule has 0 aliphatic heterocycles. The van der Waals surface area contributed by atoms with Crippen LogP contribution in [-0.4, -0.2) is 19.4 Å². The zero-order valence-electron chi connectivity index (χ0n) is 15.3. The molecule has 0 radical (unpaired) electrons. The van der Waals surface area contributed by atoms with Gasteiger partial charge in [-0.15, -0.1) is 0 Å². The van der Waals surface area contributed by atoms with Crippen LogP contribution in [0, 0.1) is 16.7 Å². The third-order valence-corrected chi connectivity index (χ3v) is 4.13. The molecular formula is C18H35F3O. The summed E-state index contributed by atoms with van der Waals surface area (Å²) in [6, 6.07) is 0. The van der Waals surface area contributed by atoms with Gasteiger partial charge < -0.3 is 4.74 Å². The van der Waals surface area contributed by atoms with Crippen molar-refractivity contribution in [3.8, 4) is 0 Å². The van der Waals surface area contributed by atoms with Gasteiger partial charge in [0, 0.05) is 6.61 Å². The molecule has 1 unspecified atom stereocenters. The lowest BCUT2D eigenvalue weighted by Gasteiger charge is -2.28. The van der Waals surface area contributed by atoms with Crippen molar-refractivity contribution >= 4 is 0 Å². The average Bonchev–Trinajstić information content (AvgIpc) is 2.30. The first-order valence-corrected chi connectivity index (χ1v) is 8.49. The first kappa shape index (κ1) is 21.8. The Balaban J connectivity index is 3.96. The molecule has 0 aromatic carbocycles. The van der Waals surface area contributed by atoms with E-state index in [1.807, 2.05) is 0 Å². The zero-order chi connectivity index (χ0) is 17.4. The minimum Gasteiger partial charge on any atom is -0.372 e. The van der Waals surface area contributed by atoms with Crippen LogP contribution in [0.3, 0.4) is 0 Å². The molecule has 1 atom stereocenters. The van der Waals surface area contributed by atoms with Crippen LogP contribution in [0.4, 0.5) is 13.2 Å². The molecule has 0 heterocycles. The van der Waals surface area contributed by atoms with E-state index in [1.54, 1.807) is 0 Å². The number of alkyl halides is 3. The second kappa shape index (κ2) is 9.14. The van der Waals surface area contributed by atoms with Crippen LogP contribution in [0.5, 0.6) is 0 Å². The summed E-state index contributed by atoms with van der Waals surface area (Å²) in [4.78, 5) is 0. The van der Waals surface area contributed by atoms with Crippen molar-refractivity contribution in [2.24, 2.45) is 16.7 Å². The smallest absolute Gasteiger partial charge is 0.372 e. The molecule has 0 aliphatic rings.